The number of halogens is 1. The van der Waals surface area contributed by atoms with Crippen molar-refractivity contribution < 1.29 is 5.11 Å². The largest absolute Gasteiger partial charge is 0.391 e. The summed E-state index contributed by atoms with van der Waals surface area (Å²) < 4.78 is 0. The first-order chi connectivity index (χ1) is 6.72. The van der Waals surface area contributed by atoms with Gasteiger partial charge in [-0.15, -0.1) is 11.6 Å². The molecule has 4 aliphatic rings. The van der Waals surface area contributed by atoms with Gasteiger partial charge in [0.15, 0.2) is 0 Å². The standard InChI is InChI=1S/C12H19ClO/c13-7-11(14)12-4-8-1-9(5-12)3-10(2-8)6-12/h8-11,14H,1-7H2/t8?,9?,10?,11-,12?/m1/s1. The van der Waals surface area contributed by atoms with Crippen molar-refractivity contribution in [3.05, 3.63) is 0 Å². The average molecular weight is 215 g/mol. The van der Waals surface area contributed by atoms with Gasteiger partial charge in [0.05, 0.1) is 6.10 Å². The van der Waals surface area contributed by atoms with Crippen LogP contribution in [0.3, 0.4) is 0 Å². The number of alkyl halides is 1. The molecule has 4 aliphatic carbocycles. The minimum Gasteiger partial charge on any atom is -0.391 e. The third kappa shape index (κ3) is 1.25. The maximum Gasteiger partial charge on any atom is 0.0731 e. The minimum atomic E-state index is -0.238. The van der Waals surface area contributed by atoms with Crippen molar-refractivity contribution in [3.8, 4) is 0 Å². The average Bonchev–Trinajstić information content (AvgIpc) is 2.14. The van der Waals surface area contributed by atoms with Gasteiger partial charge in [-0.05, 0) is 61.7 Å². The summed E-state index contributed by atoms with van der Waals surface area (Å²) >= 11 is 5.84. The summed E-state index contributed by atoms with van der Waals surface area (Å²) in [6.07, 6.45) is 7.85. The van der Waals surface area contributed by atoms with Gasteiger partial charge in [0.25, 0.3) is 0 Å². The summed E-state index contributed by atoms with van der Waals surface area (Å²) in [5.74, 6) is 3.18. The predicted molar refractivity (Wildman–Crippen MR) is 57.3 cm³/mol. The maximum atomic E-state index is 10.1. The Kier molecular flexibility index (Phi) is 2.11. The van der Waals surface area contributed by atoms with E-state index >= 15 is 0 Å². The van der Waals surface area contributed by atoms with Crippen LogP contribution in [-0.2, 0) is 0 Å². The van der Waals surface area contributed by atoms with Gasteiger partial charge in [-0.25, -0.2) is 0 Å². The highest BCUT2D eigenvalue weighted by molar-refractivity contribution is 6.18. The van der Waals surface area contributed by atoms with E-state index < -0.39 is 0 Å². The summed E-state index contributed by atoms with van der Waals surface area (Å²) in [5.41, 5.74) is 0.233. The quantitative estimate of drug-likeness (QED) is 0.701. The van der Waals surface area contributed by atoms with Crippen LogP contribution in [0.2, 0.25) is 0 Å². The van der Waals surface area contributed by atoms with Gasteiger partial charge in [0, 0.05) is 5.88 Å². The zero-order valence-electron chi connectivity index (χ0n) is 8.58. The van der Waals surface area contributed by atoms with Crippen molar-refractivity contribution >= 4 is 11.6 Å². The van der Waals surface area contributed by atoms with Gasteiger partial charge >= 0.3 is 0 Å². The lowest BCUT2D eigenvalue weighted by Crippen LogP contribution is -2.52. The third-order valence-electron chi connectivity index (χ3n) is 4.94. The fourth-order valence-corrected chi connectivity index (χ4v) is 5.08. The highest BCUT2D eigenvalue weighted by Gasteiger charge is 2.53. The van der Waals surface area contributed by atoms with Crippen LogP contribution in [0, 0.1) is 23.2 Å². The van der Waals surface area contributed by atoms with Crippen LogP contribution in [0.25, 0.3) is 0 Å². The van der Waals surface area contributed by atoms with Gasteiger partial charge < -0.3 is 5.11 Å². The molecular formula is C12H19ClO. The molecule has 0 unspecified atom stereocenters. The van der Waals surface area contributed by atoms with Crippen molar-refractivity contribution in [2.45, 2.75) is 44.6 Å². The van der Waals surface area contributed by atoms with Crippen LogP contribution in [0.15, 0.2) is 0 Å². The molecule has 4 rings (SSSR count). The fourth-order valence-electron chi connectivity index (χ4n) is 4.75. The molecule has 0 spiro atoms. The molecule has 0 aromatic rings. The van der Waals surface area contributed by atoms with E-state index in [1.54, 1.807) is 0 Å². The van der Waals surface area contributed by atoms with Gasteiger partial charge in [-0.1, -0.05) is 0 Å². The molecule has 4 bridgehead atoms. The zero-order valence-corrected chi connectivity index (χ0v) is 9.34. The first kappa shape index (κ1) is 9.47. The first-order valence-electron chi connectivity index (χ1n) is 5.96. The van der Waals surface area contributed by atoms with E-state index in [2.05, 4.69) is 0 Å². The molecule has 0 aromatic heterocycles. The van der Waals surface area contributed by atoms with Crippen molar-refractivity contribution in [2.24, 2.45) is 23.2 Å². The summed E-state index contributed by atoms with van der Waals surface area (Å²) in [7, 11) is 0. The van der Waals surface area contributed by atoms with Crippen LogP contribution >= 0.6 is 11.6 Å². The van der Waals surface area contributed by atoms with E-state index in [0.717, 1.165) is 17.8 Å². The molecular weight excluding hydrogens is 196 g/mol. The second-order valence-electron chi connectivity index (χ2n) is 5.95. The summed E-state index contributed by atoms with van der Waals surface area (Å²) in [6, 6.07) is 0. The number of rotatable bonds is 2. The molecule has 80 valence electrons. The van der Waals surface area contributed by atoms with E-state index in [1.807, 2.05) is 0 Å². The van der Waals surface area contributed by atoms with Crippen molar-refractivity contribution in [3.63, 3.8) is 0 Å². The van der Waals surface area contributed by atoms with Gasteiger partial charge in [0.2, 0.25) is 0 Å². The lowest BCUT2D eigenvalue weighted by atomic mass is 9.48. The van der Waals surface area contributed by atoms with Crippen molar-refractivity contribution in [1.29, 1.82) is 0 Å². The van der Waals surface area contributed by atoms with E-state index in [4.69, 9.17) is 11.6 Å². The van der Waals surface area contributed by atoms with E-state index in [0.29, 0.717) is 5.88 Å². The molecule has 1 nitrogen and oxygen atoms in total. The summed E-state index contributed by atoms with van der Waals surface area (Å²) in [6.45, 7) is 0. The number of aliphatic hydroxyl groups is 1. The van der Waals surface area contributed by atoms with E-state index in [-0.39, 0.29) is 11.5 Å². The maximum absolute atomic E-state index is 10.1. The minimum absolute atomic E-state index is 0.233. The molecule has 4 saturated carbocycles. The molecule has 4 fully saturated rings. The molecule has 0 amide bonds. The Bertz CT molecular complexity index is 203. The number of aliphatic hydroxyl groups excluding tert-OH is 1. The smallest absolute Gasteiger partial charge is 0.0731 e. The van der Waals surface area contributed by atoms with Gasteiger partial charge in [0.1, 0.15) is 0 Å². The van der Waals surface area contributed by atoms with Crippen LogP contribution < -0.4 is 0 Å². The summed E-state index contributed by atoms with van der Waals surface area (Å²) in [5, 5.41) is 10.1. The monoisotopic (exact) mass is 214 g/mol. The lowest BCUT2D eigenvalue weighted by molar-refractivity contribution is -0.112. The topological polar surface area (TPSA) is 20.2 Å². The SMILES string of the molecule is O[C@H](CCl)C12CC3CC(CC(C3)C1)C2. The second kappa shape index (κ2) is 3.12. The normalized spacial score (nSPS) is 52.3. The Labute approximate surface area is 90.8 Å². The van der Waals surface area contributed by atoms with Crippen LogP contribution in [-0.4, -0.2) is 17.1 Å². The van der Waals surface area contributed by atoms with Gasteiger partial charge in [-0.2, -0.15) is 0 Å². The molecule has 0 aromatic carbocycles. The molecule has 0 heterocycles. The molecule has 14 heavy (non-hydrogen) atoms. The molecule has 1 atom stereocenters. The zero-order chi connectivity index (χ0) is 9.76. The fraction of sp³-hybridized carbons (Fsp3) is 1.00. The van der Waals surface area contributed by atoms with Crippen molar-refractivity contribution in [2.75, 3.05) is 5.88 Å². The van der Waals surface area contributed by atoms with Crippen molar-refractivity contribution in [1.82, 2.24) is 0 Å². The molecule has 0 saturated heterocycles. The van der Waals surface area contributed by atoms with Gasteiger partial charge in [-0.3, -0.25) is 0 Å². The summed E-state index contributed by atoms with van der Waals surface area (Å²) in [4.78, 5) is 0. The highest BCUT2D eigenvalue weighted by Crippen LogP contribution is 2.61. The predicted octanol–water partition coefficient (Wildman–Crippen LogP) is 2.80. The van der Waals surface area contributed by atoms with Crippen LogP contribution in [0.5, 0.6) is 0 Å². The lowest BCUT2D eigenvalue weighted by Gasteiger charge is -2.58. The molecule has 2 heteroatoms. The molecule has 0 radical (unpaired) electrons. The van der Waals surface area contributed by atoms with E-state index in [9.17, 15) is 5.11 Å². The van der Waals surface area contributed by atoms with Crippen LogP contribution in [0.1, 0.15) is 38.5 Å². The molecule has 0 aliphatic heterocycles. The van der Waals surface area contributed by atoms with Crippen LogP contribution in [0.4, 0.5) is 0 Å². The Morgan fingerprint density at radius 2 is 1.50 bits per heavy atom. The second-order valence-corrected chi connectivity index (χ2v) is 6.26. The third-order valence-corrected chi connectivity index (χ3v) is 5.23. The Hall–Kier alpha value is 0.250. The number of hydrogen-bond acceptors (Lipinski definition) is 1. The Balaban J connectivity index is 1.87. The first-order valence-corrected chi connectivity index (χ1v) is 6.49. The molecule has 1 N–H and O–H groups in total. The number of hydrogen-bond donors (Lipinski definition) is 1. The Morgan fingerprint density at radius 1 is 1.07 bits per heavy atom. The highest BCUT2D eigenvalue weighted by atomic mass is 35.5. The van der Waals surface area contributed by atoms with E-state index in [1.165, 1.54) is 38.5 Å². The Morgan fingerprint density at radius 3 is 1.86 bits per heavy atom.